The van der Waals surface area contributed by atoms with Gasteiger partial charge in [-0.2, -0.15) is 0 Å². The lowest BCUT2D eigenvalue weighted by atomic mass is 10.0. The van der Waals surface area contributed by atoms with E-state index in [-0.39, 0.29) is 24.6 Å². The van der Waals surface area contributed by atoms with Crippen molar-refractivity contribution in [1.29, 1.82) is 0 Å². The van der Waals surface area contributed by atoms with Crippen molar-refractivity contribution in [3.05, 3.63) is 0 Å². The summed E-state index contributed by atoms with van der Waals surface area (Å²) in [5.74, 6) is 0.00276. The number of nitrogens with zero attached hydrogens (tertiary/aromatic N) is 1. The Morgan fingerprint density at radius 1 is 0.442 bits per heavy atom. The molecule has 6 nitrogen and oxygen atoms in total. The largest absolute Gasteiger partial charge is 0.466 e. The molecule has 0 radical (unpaired) electrons. The Labute approximate surface area is 324 Å². The zero-order valence-electron chi connectivity index (χ0n) is 35.4. The van der Waals surface area contributed by atoms with Crippen molar-refractivity contribution in [2.75, 3.05) is 32.8 Å². The molecule has 0 aliphatic heterocycles. The number of carbonyl (C=O) groups is 2. The van der Waals surface area contributed by atoms with Crippen LogP contribution in [0.1, 0.15) is 245 Å². The van der Waals surface area contributed by atoms with Crippen molar-refractivity contribution in [3.63, 3.8) is 0 Å². The zero-order valence-corrected chi connectivity index (χ0v) is 35.4. The van der Waals surface area contributed by atoms with E-state index >= 15 is 0 Å². The fraction of sp³-hybridized carbons (Fsp3) is 0.957. The van der Waals surface area contributed by atoms with Gasteiger partial charge in [0.1, 0.15) is 6.10 Å². The van der Waals surface area contributed by atoms with E-state index in [1.165, 1.54) is 154 Å². The quantitative estimate of drug-likeness (QED) is 0.0496. The number of unbranched alkanes of at least 4 members (excludes halogenated alkanes) is 25. The molecule has 0 aromatic heterocycles. The standard InChI is InChI=1S/C46H91NO5/c1-4-7-10-13-16-25-34-43-51-45(49)37-28-21-17-23-30-39-47(41-32-33-42-48)40-31-24-18-22-29-38-46(50)52-44(35-26-19-14-11-8-5-2)36-27-20-15-12-9-6-3/h44,48H,4-43H2,1-3H3. The average molecular weight is 738 g/mol. The highest BCUT2D eigenvalue weighted by atomic mass is 16.5. The van der Waals surface area contributed by atoms with E-state index in [9.17, 15) is 14.7 Å². The third-order valence-corrected chi connectivity index (χ3v) is 10.7. The first-order valence-corrected chi connectivity index (χ1v) is 23.3. The number of hydrogen-bond donors (Lipinski definition) is 1. The fourth-order valence-electron chi connectivity index (χ4n) is 7.18. The second kappa shape index (κ2) is 42.6. The van der Waals surface area contributed by atoms with Gasteiger partial charge in [0, 0.05) is 19.4 Å². The molecule has 0 amide bonds. The molecule has 0 fully saturated rings. The van der Waals surface area contributed by atoms with Crippen LogP contribution in [0, 0.1) is 0 Å². The zero-order chi connectivity index (χ0) is 38.0. The smallest absolute Gasteiger partial charge is 0.306 e. The fourth-order valence-corrected chi connectivity index (χ4v) is 7.18. The van der Waals surface area contributed by atoms with Gasteiger partial charge in [-0.1, -0.05) is 162 Å². The predicted octanol–water partition coefficient (Wildman–Crippen LogP) is 13.4. The minimum atomic E-state index is -0.0211. The first-order chi connectivity index (χ1) is 25.6. The van der Waals surface area contributed by atoms with Gasteiger partial charge in [-0.15, -0.1) is 0 Å². The van der Waals surface area contributed by atoms with E-state index in [1.807, 2.05) is 0 Å². The molecule has 0 spiro atoms. The first kappa shape index (κ1) is 50.9. The normalized spacial score (nSPS) is 11.6. The third kappa shape index (κ3) is 38.6. The molecule has 0 aliphatic rings. The van der Waals surface area contributed by atoms with E-state index in [2.05, 4.69) is 25.7 Å². The first-order valence-electron chi connectivity index (χ1n) is 23.3. The Kier molecular flexibility index (Phi) is 41.7. The average Bonchev–Trinajstić information content (AvgIpc) is 3.14. The lowest BCUT2D eigenvalue weighted by Gasteiger charge is -2.22. The third-order valence-electron chi connectivity index (χ3n) is 10.7. The Bertz CT molecular complexity index is 716. The molecule has 0 saturated heterocycles. The van der Waals surface area contributed by atoms with Gasteiger partial charge < -0.3 is 19.5 Å². The van der Waals surface area contributed by atoms with Crippen LogP contribution in [-0.2, 0) is 19.1 Å². The number of hydrogen-bond acceptors (Lipinski definition) is 6. The molecule has 0 heterocycles. The summed E-state index contributed by atoms with van der Waals surface area (Å²) in [6.07, 6.45) is 40.6. The van der Waals surface area contributed by atoms with Crippen molar-refractivity contribution in [3.8, 4) is 0 Å². The van der Waals surface area contributed by atoms with Crippen molar-refractivity contribution in [1.82, 2.24) is 4.90 Å². The minimum absolute atomic E-state index is 0.0211. The van der Waals surface area contributed by atoms with Crippen molar-refractivity contribution < 1.29 is 24.2 Å². The molecule has 6 heteroatoms. The van der Waals surface area contributed by atoms with Crippen LogP contribution in [0.5, 0.6) is 0 Å². The van der Waals surface area contributed by atoms with Crippen LogP contribution in [0.25, 0.3) is 0 Å². The summed E-state index contributed by atoms with van der Waals surface area (Å²) in [4.78, 5) is 27.4. The van der Waals surface area contributed by atoms with Gasteiger partial charge in [-0.3, -0.25) is 9.59 Å². The molecule has 0 rings (SSSR count). The molecule has 0 bridgehead atoms. The maximum absolute atomic E-state index is 12.7. The molecular weight excluding hydrogens is 647 g/mol. The Morgan fingerprint density at radius 2 is 0.808 bits per heavy atom. The van der Waals surface area contributed by atoms with Gasteiger partial charge in [-0.05, 0) is 90.3 Å². The lowest BCUT2D eigenvalue weighted by Crippen LogP contribution is -2.27. The van der Waals surface area contributed by atoms with Crippen LogP contribution in [0.2, 0.25) is 0 Å². The molecule has 52 heavy (non-hydrogen) atoms. The number of ether oxygens (including phenoxy) is 2. The van der Waals surface area contributed by atoms with Gasteiger partial charge in [-0.25, -0.2) is 0 Å². The Balaban J connectivity index is 4.09. The summed E-state index contributed by atoms with van der Waals surface area (Å²) < 4.78 is 11.5. The van der Waals surface area contributed by atoms with Crippen LogP contribution in [0.4, 0.5) is 0 Å². The summed E-state index contributed by atoms with van der Waals surface area (Å²) in [5.41, 5.74) is 0. The molecular formula is C46H91NO5. The number of aliphatic hydroxyl groups excluding tert-OH is 1. The highest BCUT2D eigenvalue weighted by Crippen LogP contribution is 2.18. The van der Waals surface area contributed by atoms with Crippen LogP contribution < -0.4 is 0 Å². The predicted molar refractivity (Wildman–Crippen MR) is 223 cm³/mol. The molecule has 0 unspecified atom stereocenters. The van der Waals surface area contributed by atoms with Crippen molar-refractivity contribution in [2.45, 2.75) is 252 Å². The Hall–Kier alpha value is -1.14. The van der Waals surface area contributed by atoms with Crippen LogP contribution in [0.3, 0.4) is 0 Å². The summed E-state index contributed by atoms with van der Waals surface area (Å²) >= 11 is 0. The summed E-state index contributed by atoms with van der Waals surface area (Å²) in [6, 6.07) is 0. The second-order valence-electron chi connectivity index (χ2n) is 15.9. The molecule has 0 saturated carbocycles. The molecule has 0 atom stereocenters. The summed E-state index contributed by atoms with van der Waals surface area (Å²) in [7, 11) is 0. The van der Waals surface area contributed by atoms with Crippen LogP contribution in [0.15, 0.2) is 0 Å². The number of aliphatic hydroxyl groups is 1. The van der Waals surface area contributed by atoms with Gasteiger partial charge in [0.2, 0.25) is 0 Å². The molecule has 0 aromatic carbocycles. The monoisotopic (exact) mass is 738 g/mol. The van der Waals surface area contributed by atoms with Gasteiger partial charge >= 0.3 is 11.9 Å². The van der Waals surface area contributed by atoms with Crippen LogP contribution >= 0.6 is 0 Å². The van der Waals surface area contributed by atoms with E-state index in [1.54, 1.807) is 0 Å². The SMILES string of the molecule is CCCCCCCCCOC(=O)CCCCCCCN(CCCCO)CCCCCCCC(=O)OC(CCCCCCCC)CCCCCCCC. The van der Waals surface area contributed by atoms with E-state index in [0.717, 1.165) is 77.4 Å². The topological polar surface area (TPSA) is 76.1 Å². The van der Waals surface area contributed by atoms with E-state index in [0.29, 0.717) is 19.4 Å². The maximum atomic E-state index is 12.7. The second-order valence-corrected chi connectivity index (χ2v) is 15.9. The molecule has 0 aliphatic carbocycles. The number of esters is 2. The van der Waals surface area contributed by atoms with Crippen molar-refractivity contribution in [2.24, 2.45) is 0 Å². The number of carbonyl (C=O) groups excluding carboxylic acids is 2. The van der Waals surface area contributed by atoms with Gasteiger partial charge in [0.15, 0.2) is 0 Å². The lowest BCUT2D eigenvalue weighted by molar-refractivity contribution is -0.150. The summed E-state index contributed by atoms with van der Waals surface area (Å²) in [6.45, 7) is 10.9. The molecule has 1 N–H and O–H groups in total. The molecule has 310 valence electrons. The van der Waals surface area contributed by atoms with Crippen molar-refractivity contribution >= 4 is 11.9 Å². The number of rotatable bonds is 43. The van der Waals surface area contributed by atoms with E-state index in [4.69, 9.17) is 9.47 Å². The van der Waals surface area contributed by atoms with Gasteiger partial charge in [0.25, 0.3) is 0 Å². The van der Waals surface area contributed by atoms with Crippen LogP contribution in [-0.4, -0.2) is 60.9 Å². The summed E-state index contributed by atoms with van der Waals surface area (Å²) in [5, 5.41) is 9.27. The minimum Gasteiger partial charge on any atom is -0.466 e. The highest BCUT2D eigenvalue weighted by molar-refractivity contribution is 5.69. The maximum Gasteiger partial charge on any atom is 0.306 e. The molecule has 0 aromatic rings. The highest BCUT2D eigenvalue weighted by Gasteiger charge is 2.14. The van der Waals surface area contributed by atoms with E-state index < -0.39 is 0 Å². The van der Waals surface area contributed by atoms with Gasteiger partial charge in [0.05, 0.1) is 6.61 Å². The Morgan fingerprint density at radius 3 is 1.27 bits per heavy atom.